The molecular formula is C18H27KN2O5. The molecule has 140 valence electrons. The molecule has 3 N–H and O–H groups in total. The van der Waals surface area contributed by atoms with Gasteiger partial charge in [-0.15, -0.1) is 0 Å². The van der Waals surface area contributed by atoms with Gasteiger partial charge in [0, 0.05) is 0 Å². The van der Waals surface area contributed by atoms with E-state index in [1.54, 1.807) is 6.07 Å². The van der Waals surface area contributed by atoms with Crippen molar-refractivity contribution in [3.63, 3.8) is 0 Å². The van der Waals surface area contributed by atoms with Crippen molar-refractivity contribution < 1.29 is 24.2 Å². The molecule has 0 bridgehead atoms. The fraction of sp³-hybridized carbons (Fsp3) is 0.500. The summed E-state index contributed by atoms with van der Waals surface area (Å²) < 4.78 is 5.47. The van der Waals surface area contributed by atoms with Crippen LogP contribution in [0.3, 0.4) is 0 Å². The van der Waals surface area contributed by atoms with Gasteiger partial charge in [0.2, 0.25) is 5.91 Å². The minimum atomic E-state index is -1.13. The van der Waals surface area contributed by atoms with Gasteiger partial charge in [-0.3, -0.25) is 14.4 Å². The second kappa shape index (κ2) is 12.5. The van der Waals surface area contributed by atoms with E-state index in [0.29, 0.717) is 12.2 Å². The molecule has 0 saturated heterocycles. The number of carboxylic acid groups (broad SMARTS) is 1. The van der Waals surface area contributed by atoms with Crippen LogP contribution in [0.2, 0.25) is 0 Å². The third-order valence-electron chi connectivity index (χ3n) is 3.54. The fourth-order valence-corrected chi connectivity index (χ4v) is 2.18. The Morgan fingerprint density at radius 1 is 1.12 bits per heavy atom. The van der Waals surface area contributed by atoms with Crippen molar-refractivity contribution in [2.75, 3.05) is 6.61 Å². The number of carbonyl (C=O) groups excluding carboxylic acids is 2. The van der Waals surface area contributed by atoms with Gasteiger partial charge in [0.05, 0.1) is 0 Å². The van der Waals surface area contributed by atoms with E-state index in [4.69, 9.17) is 9.84 Å². The van der Waals surface area contributed by atoms with Gasteiger partial charge in [-0.25, -0.2) is 0 Å². The van der Waals surface area contributed by atoms with E-state index < -0.39 is 29.9 Å². The molecule has 0 aromatic heterocycles. The number of carbonyl (C=O) groups is 3. The second-order valence-corrected chi connectivity index (χ2v) is 6.37. The first-order valence-corrected chi connectivity index (χ1v) is 8.21. The number of ether oxygens (including phenoxy) is 1. The molecule has 1 rings (SSSR count). The average Bonchev–Trinajstić information content (AvgIpc) is 2.52. The topological polar surface area (TPSA) is 105 Å². The van der Waals surface area contributed by atoms with Crippen molar-refractivity contribution in [3.8, 4) is 5.75 Å². The van der Waals surface area contributed by atoms with E-state index in [0.717, 1.165) is 5.56 Å². The van der Waals surface area contributed by atoms with Gasteiger partial charge in [-0.2, -0.15) is 0 Å². The standard InChI is InChI=1S/C18H26N2O5.K.H/c1-11(2)9-14(17(22)19-13(4)18(23)24)20-16(21)10-25-15-8-6-5-7-12(15)3;;/h5-8,11,13-14H,9-10H2,1-4H3,(H,19,22)(H,20,21)(H,23,24);;/t13?,14-;;/m0../s1. The molecule has 0 aliphatic carbocycles. The third-order valence-corrected chi connectivity index (χ3v) is 3.54. The molecule has 1 unspecified atom stereocenters. The van der Waals surface area contributed by atoms with Crippen LogP contribution < -0.4 is 15.4 Å². The van der Waals surface area contributed by atoms with Gasteiger partial charge in [0.1, 0.15) is 17.8 Å². The first kappa shape index (κ1) is 25.1. The zero-order chi connectivity index (χ0) is 19.0. The molecule has 2 amide bonds. The van der Waals surface area contributed by atoms with E-state index in [1.807, 2.05) is 39.0 Å². The number of aliphatic carboxylic acids is 1. The van der Waals surface area contributed by atoms with E-state index in [9.17, 15) is 14.4 Å². The Bertz CT molecular complexity index is 621. The Morgan fingerprint density at radius 3 is 2.27 bits per heavy atom. The summed E-state index contributed by atoms with van der Waals surface area (Å²) in [6, 6.07) is 5.47. The molecule has 8 heteroatoms. The van der Waals surface area contributed by atoms with Gasteiger partial charge in [-0.1, -0.05) is 32.0 Å². The number of nitrogens with one attached hydrogen (secondary N) is 2. The summed E-state index contributed by atoms with van der Waals surface area (Å²) in [4.78, 5) is 35.2. The van der Waals surface area contributed by atoms with Crippen LogP contribution in [0.25, 0.3) is 0 Å². The molecule has 1 aromatic rings. The van der Waals surface area contributed by atoms with Crippen LogP contribution >= 0.6 is 0 Å². The summed E-state index contributed by atoms with van der Waals surface area (Å²) in [7, 11) is 0. The predicted octanol–water partition coefficient (Wildman–Crippen LogP) is 0.846. The molecular weight excluding hydrogens is 363 g/mol. The second-order valence-electron chi connectivity index (χ2n) is 6.37. The molecule has 0 saturated carbocycles. The molecule has 0 radical (unpaired) electrons. The normalized spacial score (nSPS) is 12.5. The number of benzene rings is 1. The Morgan fingerprint density at radius 2 is 1.73 bits per heavy atom. The summed E-state index contributed by atoms with van der Waals surface area (Å²) in [6.45, 7) is 6.85. The van der Waals surface area contributed by atoms with Gasteiger partial charge < -0.3 is 20.5 Å². The van der Waals surface area contributed by atoms with Crippen molar-refractivity contribution >= 4 is 69.2 Å². The zero-order valence-corrected chi connectivity index (χ0v) is 15.0. The summed E-state index contributed by atoms with van der Waals surface area (Å²) in [5, 5.41) is 13.9. The molecule has 26 heavy (non-hydrogen) atoms. The van der Waals surface area contributed by atoms with Crippen molar-refractivity contribution in [1.29, 1.82) is 0 Å². The molecule has 2 atom stereocenters. The van der Waals surface area contributed by atoms with E-state index in [1.165, 1.54) is 6.92 Å². The Kier molecular flexibility index (Phi) is 12.0. The molecule has 0 fully saturated rings. The summed E-state index contributed by atoms with van der Waals surface area (Å²) in [5.74, 6) is -1.35. The number of carboxylic acids is 1. The number of hydrogen-bond donors (Lipinski definition) is 3. The first-order valence-electron chi connectivity index (χ1n) is 8.21. The molecule has 0 heterocycles. The van der Waals surface area contributed by atoms with Crippen molar-refractivity contribution in [2.45, 2.75) is 46.2 Å². The quantitative estimate of drug-likeness (QED) is 0.542. The predicted molar refractivity (Wildman–Crippen MR) is 100 cm³/mol. The number of rotatable bonds is 9. The van der Waals surface area contributed by atoms with Gasteiger partial charge in [0.25, 0.3) is 5.91 Å². The van der Waals surface area contributed by atoms with Crippen molar-refractivity contribution in [2.24, 2.45) is 5.92 Å². The maximum atomic E-state index is 12.2. The minimum absolute atomic E-state index is 0. The van der Waals surface area contributed by atoms with E-state index >= 15 is 0 Å². The fourth-order valence-electron chi connectivity index (χ4n) is 2.18. The van der Waals surface area contributed by atoms with E-state index in [2.05, 4.69) is 10.6 Å². The first-order chi connectivity index (χ1) is 11.7. The average molecular weight is 391 g/mol. The summed E-state index contributed by atoms with van der Waals surface area (Å²) >= 11 is 0. The SMILES string of the molecule is Cc1ccccc1OCC(=O)N[C@@H](CC(C)C)C(=O)NC(C)C(=O)O.[KH]. The molecule has 0 aliphatic rings. The zero-order valence-electron chi connectivity index (χ0n) is 15.0. The number of para-hydroxylation sites is 1. The molecule has 7 nitrogen and oxygen atoms in total. The Hall–Kier alpha value is -0.934. The summed E-state index contributed by atoms with van der Waals surface area (Å²) in [5.41, 5.74) is 0.905. The number of amides is 2. The van der Waals surface area contributed by atoms with Crippen LogP contribution in [0.1, 0.15) is 32.8 Å². The third kappa shape index (κ3) is 9.13. The number of hydrogen-bond acceptors (Lipinski definition) is 4. The summed E-state index contributed by atoms with van der Waals surface area (Å²) in [6.07, 6.45) is 0.397. The van der Waals surface area contributed by atoms with E-state index in [-0.39, 0.29) is 63.9 Å². The van der Waals surface area contributed by atoms with Gasteiger partial charge in [-0.05, 0) is 37.8 Å². The molecule has 1 aromatic carbocycles. The van der Waals surface area contributed by atoms with Crippen LogP contribution in [-0.4, -0.2) is 93.0 Å². The molecule has 0 spiro atoms. The van der Waals surface area contributed by atoms with Crippen molar-refractivity contribution in [3.05, 3.63) is 29.8 Å². The van der Waals surface area contributed by atoms with Crippen LogP contribution in [0.4, 0.5) is 0 Å². The number of aryl methyl sites for hydroxylation is 1. The van der Waals surface area contributed by atoms with Crippen LogP contribution in [-0.2, 0) is 14.4 Å². The van der Waals surface area contributed by atoms with Gasteiger partial charge in [0.15, 0.2) is 6.61 Å². The van der Waals surface area contributed by atoms with Crippen molar-refractivity contribution in [1.82, 2.24) is 10.6 Å². The van der Waals surface area contributed by atoms with Crippen LogP contribution in [0.15, 0.2) is 24.3 Å². The van der Waals surface area contributed by atoms with Crippen LogP contribution in [0, 0.1) is 12.8 Å². The monoisotopic (exact) mass is 390 g/mol. The Balaban J connectivity index is 0.00000625. The maximum absolute atomic E-state index is 12.2. The molecule has 0 aliphatic heterocycles. The Labute approximate surface area is 196 Å². The van der Waals surface area contributed by atoms with Gasteiger partial charge >= 0.3 is 57.4 Å². The van der Waals surface area contributed by atoms with Crippen LogP contribution in [0.5, 0.6) is 5.75 Å².